The third-order valence-corrected chi connectivity index (χ3v) is 4.42. The molecule has 0 bridgehead atoms. The van der Waals surface area contributed by atoms with Crippen LogP contribution in [0.3, 0.4) is 0 Å². The van der Waals surface area contributed by atoms with Crippen molar-refractivity contribution in [1.29, 1.82) is 0 Å². The first kappa shape index (κ1) is 15.0. The summed E-state index contributed by atoms with van der Waals surface area (Å²) in [5.41, 5.74) is 7.44. The fraction of sp³-hybridized carbons (Fsp3) is 0.562. The van der Waals surface area contributed by atoms with E-state index < -0.39 is 0 Å². The van der Waals surface area contributed by atoms with Crippen molar-refractivity contribution in [3.8, 4) is 0 Å². The molecular formula is C16H23FN2O. The highest BCUT2D eigenvalue weighted by molar-refractivity contribution is 5.83. The predicted molar refractivity (Wildman–Crippen MR) is 77.8 cm³/mol. The van der Waals surface area contributed by atoms with Crippen molar-refractivity contribution in [3.63, 3.8) is 0 Å². The van der Waals surface area contributed by atoms with Crippen molar-refractivity contribution in [2.45, 2.75) is 39.0 Å². The van der Waals surface area contributed by atoms with E-state index in [4.69, 9.17) is 5.73 Å². The summed E-state index contributed by atoms with van der Waals surface area (Å²) in [6.07, 6.45) is 4.68. The lowest BCUT2D eigenvalue weighted by molar-refractivity contribution is -0.130. The van der Waals surface area contributed by atoms with Crippen molar-refractivity contribution in [2.75, 3.05) is 13.1 Å². The van der Waals surface area contributed by atoms with Gasteiger partial charge in [0.25, 0.3) is 0 Å². The van der Waals surface area contributed by atoms with Gasteiger partial charge in [0.15, 0.2) is 0 Å². The monoisotopic (exact) mass is 278 g/mol. The molecule has 0 spiro atoms. The van der Waals surface area contributed by atoms with E-state index >= 15 is 0 Å². The van der Waals surface area contributed by atoms with E-state index in [9.17, 15) is 9.18 Å². The van der Waals surface area contributed by atoms with E-state index in [1.807, 2.05) is 6.92 Å². The lowest BCUT2D eigenvalue weighted by Crippen LogP contribution is -2.44. The van der Waals surface area contributed by atoms with Crippen LogP contribution in [0, 0.1) is 18.2 Å². The van der Waals surface area contributed by atoms with Crippen molar-refractivity contribution in [3.05, 3.63) is 35.1 Å². The van der Waals surface area contributed by atoms with Gasteiger partial charge in [-0.3, -0.25) is 4.79 Å². The molecule has 1 aromatic rings. The highest BCUT2D eigenvalue weighted by Crippen LogP contribution is 2.37. The Kier molecular flexibility index (Phi) is 4.76. The second kappa shape index (κ2) is 6.35. The number of halogens is 1. The fourth-order valence-corrected chi connectivity index (χ4v) is 3.01. The molecule has 1 aliphatic rings. The molecule has 0 saturated heterocycles. The number of nitrogens with one attached hydrogen (secondary N) is 1. The van der Waals surface area contributed by atoms with Crippen LogP contribution in [0.4, 0.5) is 4.39 Å². The summed E-state index contributed by atoms with van der Waals surface area (Å²) in [6, 6.07) is 4.77. The van der Waals surface area contributed by atoms with Gasteiger partial charge in [-0.2, -0.15) is 0 Å². The molecule has 0 heterocycles. The first-order valence-electron chi connectivity index (χ1n) is 7.31. The van der Waals surface area contributed by atoms with Crippen LogP contribution in [-0.4, -0.2) is 19.0 Å². The summed E-state index contributed by atoms with van der Waals surface area (Å²) in [5.74, 6) is -0.138. The van der Waals surface area contributed by atoms with Crippen molar-refractivity contribution < 1.29 is 9.18 Å². The summed E-state index contributed by atoms with van der Waals surface area (Å²) in [4.78, 5) is 12.3. The molecule has 110 valence electrons. The SMILES string of the molecule is Cc1cc(F)ccc1CCNC(=O)C1(CN)CCCC1. The molecule has 1 aromatic carbocycles. The topological polar surface area (TPSA) is 55.1 Å². The molecule has 0 aliphatic heterocycles. The van der Waals surface area contributed by atoms with Gasteiger partial charge in [0.1, 0.15) is 5.82 Å². The van der Waals surface area contributed by atoms with Crippen molar-refractivity contribution >= 4 is 5.91 Å². The molecule has 4 heteroatoms. The summed E-state index contributed by atoms with van der Waals surface area (Å²) in [5, 5.41) is 2.99. The molecule has 1 saturated carbocycles. The zero-order chi connectivity index (χ0) is 14.6. The molecule has 0 aromatic heterocycles. The number of hydrogen-bond donors (Lipinski definition) is 2. The highest BCUT2D eigenvalue weighted by atomic mass is 19.1. The minimum Gasteiger partial charge on any atom is -0.355 e. The first-order chi connectivity index (χ1) is 9.57. The number of hydrogen-bond acceptors (Lipinski definition) is 2. The van der Waals surface area contributed by atoms with E-state index in [2.05, 4.69) is 5.32 Å². The predicted octanol–water partition coefficient (Wildman–Crippen LogP) is 2.31. The van der Waals surface area contributed by atoms with Gasteiger partial charge in [-0.1, -0.05) is 18.9 Å². The van der Waals surface area contributed by atoms with Crippen LogP contribution >= 0.6 is 0 Å². The van der Waals surface area contributed by atoms with Gasteiger partial charge in [-0.15, -0.1) is 0 Å². The molecule has 2 rings (SSSR count). The van der Waals surface area contributed by atoms with Crippen LogP contribution in [-0.2, 0) is 11.2 Å². The molecule has 3 N–H and O–H groups in total. The van der Waals surface area contributed by atoms with Crippen LogP contribution in [0.5, 0.6) is 0 Å². The van der Waals surface area contributed by atoms with Crippen LogP contribution in [0.2, 0.25) is 0 Å². The zero-order valence-electron chi connectivity index (χ0n) is 12.0. The quantitative estimate of drug-likeness (QED) is 0.868. The largest absolute Gasteiger partial charge is 0.355 e. The Morgan fingerprint density at radius 1 is 1.40 bits per heavy atom. The Morgan fingerprint density at radius 3 is 2.70 bits per heavy atom. The molecule has 0 radical (unpaired) electrons. The Bertz CT molecular complexity index is 481. The molecule has 20 heavy (non-hydrogen) atoms. The number of nitrogens with two attached hydrogens (primary N) is 1. The van der Waals surface area contributed by atoms with Crippen molar-refractivity contribution in [1.82, 2.24) is 5.32 Å². The molecule has 1 aliphatic carbocycles. The summed E-state index contributed by atoms with van der Waals surface area (Å²) in [6.45, 7) is 2.89. The average molecular weight is 278 g/mol. The number of carbonyl (C=O) groups is 1. The Balaban J connectivity index is 1.87. The van der Waals surface area contributed by atoms with Crippen molar-refractivity contribution in [2.24, 2.45) is 11.1 Å². The van der Waals surface area contributed by atoms with Crippen LogP contribution in [0.1, 0.15) is 36.8 Å². The third-order valence-electron chi connectivity index (χ3n) is 4.42. The number of benzene rings is 1. The highest BCUT2D eigenvalue weighted by Gasteiger charge is 2.39. The van der Waals surface area contributed by atoms with Gasteiger partial charge in [-0.25, -0.2) is 4.39 Å². The van der Waals surface area contributed by atoms with E-state index in [1.165, 1.54) is 12.1 Å². The lowest BCUT2D eigenvalue weighted by Gasteiger charge is -2.25. The zero-order valence-corrected chi connectivity index (χ0v) is 12.0. The normalized spacial score (nSPS) is 17.1. The lowest BCUT2D eigenvalue weighted by atomic mass is 9.85. The molecule has 1 fully saturated rings. The maximum absolute atomic E-state index is 13.0. The second-order valence-corrected chi connectivity index (χ2v) is 5.77. The number of aryl methyl sites for hydroxylation is 1. The van der Waals surface area contributed by atoms with Crippen LogP contribution in [0.25, 0.3) is 0 Å². The smallest absolute Gasteiger partial charge is 0.227 e. The van der Waals surface area contributed by atoms with E-state index in [-0.39, 0.29) is 17.1 Å². The third kappa shape index (κ3) is 3.18. The Morgan fingerprint density at radius 2 is 2.10 bits per heavy atom. The number of amides is 1. The molecule has 0 unspecified atom stereocenters. The maximum atomic E-state index is 13.0. The minimum atomic E-state index is -0.349. The van der Waals surface area contributed by atoms with E-state index in [0.29, 0.717) is 13.1 Å². The standard InChI is InChI=1S/C16H23FN2O/c1-12-10-14(17)5-4-13(12)6-9-19-15(20)16(11-18)7-2-3-8-16/h4-5,10H,2-3,6-9,11,18H2,1H3,(H,19,20). The van der Waals surface area contributed by atoms with Gasteiger partial charge in [-0.05, 0) is 49.4 Å². The molecule has 0 atom stereocenters. The Hall–Kier alpha value is -1.42. The number of carbonyl (C=O) groups excluding carboxylic acids is 1. The first-order valence-corrected chi connectivity index (χ1v) is 7.31. The van der Waals surface area contributed by atoms with Gasteiger partial charge < -0.3 is 11.1 Å². The Labute approximate surface area is 119 Å². The second-order valence-electron chi connectivity index (χ2n) is 5.77. The van der Waals surface area contributed by atoms with E-state index in [1.54, 1.807) is 6.07 Å². The van der Waals surface area contributed by atoms with Gasteiger partial charge in [0, 0.05) is 13.1 Å². The van der Waals surface area contributed by atoms with E-state index in [0.717, 1.165) is 43.2 Å². The minimum absolute atomic E-state index is 0.0808. The maximum Gasteiger partial charge on any atom is 0.227 e. The van der Waals surface area contributed by atoms with Crippen LogP contribution < -0.4 is 11.1 Å². The van der Waals surface area contributed by atoms with Crippen LogP contribution in [0.15, 0.2) is 18.2 Å². The number of rotatable bonds is 5. The average Bonchev–Trinajstić information content (AvgIpc) is 2.91. The van der Waals surface area contributed by atoms with Gasteiger partial charge in [0.2, 0.25) is 5.91 Å². The summed E-state index contributed by atoms with van der Waals surface area (Å²) in [7, 11) is 0. The molecule has 1 amide bonds. The van der Waals surface area contributed by atoms with Gasteiger partial charge in [0.05, 0.1) is 5.41 Å². The summed E-state index contributed by atoms with van der Waals surface area (Å²) >= 11 is 0. The molecule has 3 nitrogen and oxygen atoms in total. The fourth-order valence-electron chi connectivity index (χ4n) is 3.01. The summed E-state index contributed by atoms with van der Waals surface area (Å²) < 4.78 is 13.0. The molecular weight excluding hydrogens is 255 g/mol. The van der Waals surface area contributed by atoms with Gasteiger partial charge >= 0.3 is 0 Å².